The van der Waals surface area contributed by atoms with Gasteiger partial charge < -0.3 is 5.32 Å². The lowest BCUT2D eigenvalue weighted by Crippen LogP contribution is -2.43. The third kappa shape index (κ3) is 3.61. The van der Waals surface area contributed by atoms with Gasteiger partial charge in [-0.1, -0.05) is 43.6 Å². The molecule has 1 aliphatic carbocycles. The van der Waals surface area contributed by atoms with Crippen molar-refractivity contribution in [3.05, 3.63) is 34.9 Å². The molecule has 1 aliphatic rings. The average Bonchev–Trinajstić information content (AvgIpc) is 2.72. The third-order valence-electron chi connectivity index (χ3n) is 5.32. The molecule has 1 aromatic carbocycles. The van der Waals surface area contributed by atoms with Crippen LogP contribution in [0, 0.1) is 11.3 Å². The van der Waals surface area contributed by atoms with Crippen LogP contribution in [0.5, 0.6) is 0 Å². The predicted octanol–water partition coefficient (Wildman–Crippen LogP) is 4.36. The monoisotopic (exact) mass is 308 g/mol. The summed E-state index contributed by atoms with van der Waals surface area (Å²) in [5.41, 5.74) is 1.62. The first-order valence-electron chi connectivity index (χ1n) is 7.98. The zero-order valence-corrected chi connectivity index (χ0v) is 14.7. The van der Waals surface area contributed by atoms with Crippen LogP contribution in [0.15, 0.2) is 24.3 Å². The molecule has 0 spiro atoms. The smallest absolute Gasteiger partial charge is 0.0453 e. The summed E-state index contributed by atoms with van der Waals surface area (Å²) in [5, 5.41) is 4.42. The van der Waals surface area contributed by atoms with Crippen LogP contribution in [-0.4, -0.2) is 31.6 Å². The topological polar surface area (TPSA) is 15.3 Å². The Morgan fingerprint density at radius 1 is 1.38 bits per heavy atom. The van der Waals surface area contributed by atoms with Crippen molar-refractivity contribution >= 4 is 11.6 Å². The van der Waals surface area contributed by atoms with Gasteiger partial charge >= 0.3 is 0 Å². The van der Waals surface area contributed by atoms with Gasteiger partial charge in [-0.2, -0.15) is 0 Å². The molecule has 0 heterocycles. The van der Waals surface area contributed by atoms with Gasteiger partial charge in [0.15, 0.2) is 0 Å². The van der Waals surface area contributed by atoms with Crippen molar-refractivity contribution in [2.24, 2.45) is 11.3 Å². The molecule has 21 heavy (non-hydrogen) atoms. The molecule has 118 valence electrons. The number of rotatable bonds is 5. The van der Waals surface area contributed by atoms with Gasteiger partial charge in [0.2, 0.25) is 0 Å². The second-order valence-corrected chi connectivity index (χ2v) is 7.60. The van der Waals surface area contributed by atoms with Crippen molar-refractivity contribution < 1.29 is 0 Å². The summed E-state index contributed by atoms with van der Waals surface area (Å²) in [5.74, 6) is 0.708. The number of nitrogens with one attached hydrogen (secondary N) is 1. The second-order valence-electron chi connectivity index (χ2n) is 7.19. The summed E-state index contributed by atoms with van der Waals surface area (Å²) in [6, 6.07) is 9.13. The van der Waals surface area contributed by atoms with E-state index in [9.17, 15) is 0 Å². The molecule has 1 aromatic rings. The Kier molecular flexibility index (Phi) is 5.34. The van der Waals surface area contributed by atoms with Crippen molar-refractivity contribution in [1.29, 1.82) is 0 Å². The van der Waals surface area contributed by atoms with Crippen LogP contribution in [0.3, 0.4) is 0 Å². The molecule has 0 amide bonds. The highest BCUT2D eigenvalue weighted by molar-refractivity contribution is 6.31. The van der Waals surface area contributed by atoms with Crippen LogP contribution in [0.2, 0.25) is 5.02 Å². The fraction of sp³-hybridized carbons (Fsp3) is 0.667. The van der Waals surface area contributed by atoms with Crippen LogP contribution >= 0.6 is 11.6 Å². The highest BCUT2D eigenvalue weighted by Crippen LogP contribution is 2.42. The lowest BCUT2D eigenvalue weighted by Gasteiger charge is -2.34. The predicted molar refractivity (Wildman–Crippen MR) is 91.8 cm³/mol. The van der Waals surface area contributed by atoms with Crippen molar-refractivity contribution in [1.82, 2.24) is 10.2 Å². The molecule has 1 N–H and O–H groups in total. The van der Waals surface area contributed by atoms with Crippen molar-refractivity contribution in [3.63, 3.8) is 0 Å². The van der Waals surface area contributed by atoms with E-state index in [1.54, 1.807) is 0 Å². The maximum Gasteiger partial charge on any atom is 0.0453 e. The molecule has 3 heteroatoms. The minimum Gasteiger partial charge on any atom is -0.316 e. The fourth-order valence-corrected chi connectivity index (χ4v) is 4.21. The fourth-order valence-electron chi connectivity index (χ4n) is 3.92. The van der Waals surface area contributed by atoms with E-state index in [0.29, 0.717) is 23.4 Å². The Labute approximate surface area is 134 Å². The number of hydrogen-bond donors (Lipinski definition) is 1. The van der Waals surface area contributed by atoms with Gasteiger partial charge in [-0.15, -0.1) is 0 Å². The number of nitrogens with zero attached hydrogens (tertiary/aromatic N) is 1. The van der Waals surface area contributed by atoms with Gasteiger partial charge in [0.1, 0.15) is 0 Å². The molecule has 3 unspecified atom stereocenters. The van der Waals surface area contributed by atoms with Gasteiger partial charge in [-0.05, 0) is 56.8 Å². The van der Waals surface area contributed by atoms with E-state index in [-0.39, 0.29) is 0 Å². The minimum absolute atomic E-state index is 0.347. The second kappa shape index (κ2) is 6.68. The first-order valence-corrected chi connectivity index (χ1v) is 8.36. The van der Waals surface area contributed by atoms with Crippen LogP contribution in [0.1, 0.15) is 45.2 Å². The first-order chi connectivity index (χ1) is 9.86. The van der Waals surface area contributed by atoms with Crippen LogP contribution in [-0.2, 0) is 0 Å². The van der Waals surface area contributed by atoms with Gasteiger partial charge in [-0.3, -0.25) is 4.90 Å². The molecule has 0 aromatic heterocycles. The lowest BCUT2D eigenvalue weighted by molar-refractivity contribution is 0.182. The summed E-state index contributed by atoms with van der Waals surface area (Å²) in [6.45, 7) is 8.12. The zero-order chi connectivity index (χ0) is 15.6. The van der Waals surface area contributed by atoms with E-state index >= 15 is 0 Å². The maximum absolute atomic E-state index is 6.34. The molecule has 1 saturated carbocycles. The first kappa shape index (κ1) is 16.8. The summed E-state index contributed by atoms with van der Waals surface area (Å²) in [7, 11) is 4.31. The summed E-state index contributed by atoms with van der Waals surface area (Å²) < 4.78 is 0. The SMILES string of the molecule is CNC1C(CN(C)C(C)c2ccccc2Cl)CCC1(C)C. The summed E-state index contributed by atoms with van der Waals surface area (Å²) in [4.78, 5) is 2.44. The highest BCUT2D eigenvalue weighted by atomic mass is 35.5. The molecule has 0 aliphatic heterocycles. The molecular weight excluding hydrogens is 280 g/mol. The van der Waals surface area contributed by atoms with Gasteiger partial charge in [0, 0.05) is 23.7 Å². The maximum atomic E-state index is 6.34. The largest absolute Gasteiger partial charge is 0.316 e. The zero-order valence-electron chi connectivity index (χ0n) is 14.0. The molecular formula is C18H29ClN2. The van der Waals surface area contributed by atoms with Crippen molar-refractivity contribution in [2.45, 2.75) is 45.7 Å². The standard InChI is InChI=1S/C18H29ClN2/c1-13(15-8-6-7-9-16(15)19)21(5)12-14-10-11-18(2,3)17(14)20-4/h6-9,13-14,17,20H,10-12H2,1-5H3. The van der Waals surface area contributed by atoms with Crippen molar-refractivity contribution in [3.8, 4) is 0 Å². The quantitative estimate of drug-likeness (QED) is 0.869. The molecule has 1 fully saturated rings. The van der Waals surface area contributed by atoms with E-state index < -0.39 is 0 Å². The molecule has 0 bridgehead atoms. The van der Waals surface area contributed by atoms with E-state index in [4.69, 9.17) is 11.6 Å². The molecule has 2 rings (SSSR count). The van der Waals surface area contributed by atoms with Crippen molar-refractivity contribution in [2.75, 3.05) is 20.6 Å². The van der Waals surface area contributed by atoms with Crippen LogP contribution in [0.25, 0.3) is 0 Å². The Balaban J connectivity index is 2.05. The Morgan fingerprint density at radius 3 is 2.67 bits per heavy atom. The van der Waals surface area contributed by atoms with Crippen LogP contribution < -0.4 is 5.32 Å². The normalized spacial score (nSPS) is 26.2. The van der Waals surface area contributed by atoms with E-state index in [1.165, 1.54) is 18.4 Å². The summed E-state index contributed by atoms with van der Waals surface area (Å²) in [6.07, 6.45) is 2.61. The Bertz CT molecular complexity index is 472. The minimum atomic E-state index is 0.347. The van der Waals surface area contributed by atoms with E-state index in [0.717, 1.165) is 11.6 Å². The summed E-state index contributed by atoms with van der Waals surface area (Å²) >= 11 is 6.34. The highest BCUT2D eigenvalue weighted by Gasteiger charge is 2.41. The van der Waals surface area contributed by atoms with E-state index in [1.807, 2.05) is 12.1 Å². The van der Waals surface area contributed by atoms with Gasteiger partial charge in [0.25, 0.3) is 0 Å². The molecule has 2 nitrogen and oxygen atoms in total. The lowest BCUT2D eigenvalue weighted by atomic mass is 9.84. The third-order valence-corrected chi connectivity index (χ3v) is 5.67. The van der Waals surface area contributed by atoms with Crippen LogP contribution in [0.4, 0.5) is 0 Å². The number of benzene rings is 1. The van der Waals surface area contributed by atoms with Gasteiger partial charge in [0.05, 0.1) is 0 Å². The number of hydrogen-bond acceptors (Lipinski definition) is 2. The average molecular weight is 309 g/mol. The van der Waals surface area contributed by atoms with Gasteiger partial charge in [-0.25, -0.2) is 0 Å². The number of halogens is 1. The molecule has 0 saturated heterocycles. The molecule has 0 radical (unpaired) electrons. The van der Waals surface area contributed by atoms with E-state index in [2.05, 4.69) is 57.2 Å². The molecule has 3 atom stereocenters. The Hall–Kier alpha value is -0.570. The Morgan fingerprint density at radius 2 is 2.05 bits per heavy atom.